The molecule has 0 saturated heterocycles. The summed E-state index contributed by atoms with van der Waals surface area (Å²) in [7, 11) is 1.67. The molecule has 0 unspecified atom stereocenters. The topological polar surface area (TPSA) is 79.8 Å². The zero-order chi connectivity index (χ0) is 26.3. The van der Waals surface area contributed by atoms with Crippen LogP contribution in [-0.2, 0) is 12.4 Å². The van der Waals surface area contributed by atoms with E-state index >= 15 is 0 Å². The minimum atomic E-state index is -5.06. The molecule has 2 aromatic heterocycles. The first-order valence-corrected chi connectivity index (χ1v) is 10.4. The number of amides is 1. The molecule has 0 spiro atoms. The van der Waals surface area contributed by atoms with Crippen LogP contribution in [0, 0.1) is 6.92 Å². The molecule has 0 aliphatic carbocycles. The van der Waals surface area contributed by atoms with Crippen LogP contribution in [0.25, 0.3) is 22.2 Å². The Balaban J connectivity index is 1.69. The van der Waals surface area contributed by atoms with Gasteiger partial charge in [-0.05, 0) is 48.4 Å². The summed E-state index contributed by atoms with van der Waals surface area (Å²) in [6.45, 7) is 1.66. The van der Waals surface area contributed by atoms with Crippen molar-refractivity contribution >= 4 is 28.6 Å². The molecule has 0 saturated carbocycles. The van der Waals surface area contributed by atoms with E-state index in [0.717, 1.165) is 0 Å². The predicted molar refractivity (Wildman–Crippen MR) is 121 cm³/mol. The molecule has 1 amide bonds. The van der Waals surface area contributed by atoms with Gasteiger partial charge in [0.15, 0.2) is 5.65 Å². The summed E-state index contributed by atoms with van der Waals surface area (Å²) < 4.78 is 79.0. The number of pyridine rings is 1. The molecule has 0 aliphatic heterocycles. The number of hydrogen-bond donors (Lipinski definition) is 2. The molecular weight excluding hydrogens is 488 g/mol. The van der Waals surface area contributed by atoms with Gasteiger partial charge in [0.2, 0.25) is 5.95 Å². The molecule has 2 aromatic carbocycles. The van der Waals surface area contributed by atoms with Crippen molar-refractivity contribution in [1.29, 1.82) is 0 Å². The van der Waals surface area contributed by atoms with E-state index in [0.29, 0.717) is 45.8 Å². The number of halogens is 6. The van der Waals surface area contributed by atoms with Gasteiger partial charge in [-0.15, -0.1) is 0 Å². The molecule has 0 radical (unpaired) electrons. The highest BCUT2D eigenvalue weighted by Crippen LogP contribution is 2.37. The van der Waals surface area contributed by atoms with Gasteiger partial charge in [-0.25, -0.2) is 9.97 Å². The fourth-order valence-electron chi connectivity index (χ4n) is 3.55. The molecule has 4 aromatic rings. The Morgan fingerprint density at radius 1 is 0.889 bits per heavy atom. The van der Waals surface area contributed by atoms with Crippen molar-refractivity contribution in [1.82, 2.24) is 15.0 Å². The third kappa shape index (κ3) is 5.07. The fourth-order valence-corrected chi connectivity index (χ4v) is 3.55. The zero-order valence-corrected chi connectivity index (χ0v) is 18.7. The summed E-state index contributed by atoms with van der Waals surface area (Å²) in [5.41, 5.74) is -1.43. The Hall–Kier alpha value is -4.22. The molecule has 4 rings (SSSR count). The maximum absolute atomic E-state index is 13.2. The molecule has 0 fully saturated rings. The minimum absolute atomic E-state index is 0.0292. The van der Waals surface area contributed by atoms with E-state index < -0.39 is 35.0 Å². The molecule has 12 heteroatoms. The van der Waals surface area contributed by atoms with Gasteiger partial charge < -0.3 is 10.6 Å². The van der Waals surface area contributed by atoms with E-state index in [4.69, 9.17) is 0 Å². The first-order valence-electron chi connectivity index (χ1n) is 10.4. The van der Waals surface area contributed by atoms with Crippen molar-refractivity contribution < 1.29 is 31.1 Å². The van der Waals surface area contributed by atoms with Crippen molar-refractivity contribution in [3.8, 4) is 11.1 Å². The lowest BCUT2D eigenvalue weighted by atomic mass is 9.99. The summed E-state index contributed by atoms with van der Waals surface area (Å²) in [6, 6.07) is 7.34. The van der Waals surface area contributed by atoms with Gasteiger partial charge in [0, 0.05) is 41.6 Å². The number of benzene rings is 2. The number of aromatic nitrogens is 3. The van der Waals surface area contributed by atoms with Gasteiger partial charge in [0.25, 0.3) is 5.91 Å². The quantitative estimate of drug-likeness (QED) is 0.317. The number of fused-ring (bicyclic) bond motifs is 1. The normalized spacial score (nSPS) is 12.0. The predicted octanol–water partition coefficient (Wildman–Crippen LogP) is 6.33. The van der Waals surface area contributed by atoms with Crippen molar-refractivity contribution in [3.05, 3.63) is 77.1 Å². The minimum Gasteiger partial charge on any atom is -0.357 e. The number of rotatable bonds is 4. The number of alkyl halides is 6. The number of anilines is 2. The van der Waals surface area contributed by atoms with Gasteiger partial charge in [-0.1, -0.05) is 12.1 Å². The van der Waals surface area contributed by atoms with E-state index in [1.54, 1.807) is 44.6 Å². The second kappa shape index (κ2) is 9.10. The van der Waals surface area contributed by atoms with Crippen LogP contribution in [0.4, 0.5) is 38.0 Å². The second-order valence-electron chi connectivity index (χ2n) is 7.81. The van der Waals surface area contributed by atoms with E-state index in [9.17, 15) is 31.1 Å². The SMILES string of the molecule is CNc1ncc2cc(-c3cccc(NC(=O)c4cc(C(F)(F)F)cc(C(F)(F)F)c4)c3C)cnc2n1. The van der Waals surface area contributed by atoms with Crippen LogP contribution in [0.5, 0.6) is 0 Å². The van der Waals surface area contributed by atoms with Crippen molar-refractivity contribution in [2.24, 2.45) is 0 Å². The van der Waals surface area contributed by atoms with Gasteiger partial charge in [-0.3, -0.25) is 4.79 Å². The summed E-state index contributed by atoms with van der Waals surface area (Å²) in [6.07, 6.45) is -6.98. The Morgan fingerprint density at radius 2 is 1.56 bits per heavy atom. The van der Waals surface area contributed by atoms with Crippen molar-refractivity contribution in [3.63, 3.8) is 0 Å². The lowest BCUT2D eigenvalue weighted by Gasteiger charge is -2.16. The van der Waals surface area contributed by atoms with Gasteiger partial charge in [-0.2, -0.15) is 31.3 Å². The summed E-state index contributed by atoms with van der Waals surface area (Å²) in [5.74, 6) is -0.719. The Bertz CT molecular complexity index is 1430. The Kier molecular flexibility index (Phi) is 6.29. The summed E-state index contributed by atoms with van der Waals surface area (Å²) >= 11 is 0. The number of carbonyl (C=O) groups excluding carboxylic acids is 1. The Morgan fingerprint density at radius 3 is 2.17 bits per heavy atom. The Labute approximate surface area is 200 Å². The van der Waals surface area contributed by atoms with Gasteiger partial charge >= 0.3 is 12.4 Å². The lowest BCUT2D eigenvalue weighted by molar-refractivity contribution is -0.143. The average molecular weight is 505 g/mol. The standard InChI is InChI=1S/C24H17F6N5O/c1-12-18(14-6-15-11-33-22(31-2)35-20(15)32-10-14)4-3-5-19(12)34-21(36)13-7-16(23(25,26)27)9-17(8-13)24(28,29)30/h3-11H,1-2H3,(H,34,36)(H,31,32,33,35). The molecule has 2 heterocycles. The highest BCUT2D eigenvalue weighted by Gasteiger charge is 2.37. The maximum Gasteiger partial charge on any atom is 0.416 e. The largest absolute Gasteiger partial charge is 0.416 e. The fraction of sp³-hybridized carbons (Fsp3) is 0.167. The second-order valence-corrected chi connectivity index (χ2v) is 7.81. The van der Waals surface area contributed by atoms with Crippen LogP contribution in [0.15, 0.2) is 54.9 Å². The number of nitrogens with one attached hydrogen (secondary N) is 2. The third-order valence-corrected chi connectivity index (χ3v) is 5.40. The van der Waals surface area contributed by atoms with Gasteiger partial charge in [0.05, 0.1) is 11.1 Å². The summed E-state index contributed by atoms with van der Waals surface area (Å²) in [4.78, 5) is 25.4. The first kappa shape index (κ1) is 24.9. The molecule has 2 N–H and O–H groups in total. The monoisotopic (exact) mass is 505 g/mol. The van der Waals surface area contributed by atoms with Crippen molar-refractivity contribution in [2.75, 3.05) is 17.7 Å². The van der Waals surface area contributed by atoms with E-state index in [-0.39, 0.29) is 11.8 Å². The maximum atomic E-state index is 13.2. The van der Waals surface area contributed by atoms with Crippen LogP contribution in [0.1, 0.15) is 27.0 Å². The number of carbonyl (C=O) groups is 1. The molecular formula is C24H17F6N5O. The van der Waals surface area contributed by atoms with Crippen LogP contribution in [0.3, 0.4) is 0 Å². The van der Waals surface area contributed by atoms with E-state index in [1.807, 2.05) is 0 Å². The van der Waals surface area contributed by atoms with Crippen LogP contribution < -0.4 is 10.6 Å². The highest BCUT2D eigenvalue weighted by atomic mass is 19.4. The molecule has 36 heavy (non-hydrogen) atoms. The molecule has 186 valence electrons. The lowest BCUT2D eigenvalue weighted by Crippen LogP contribution is -2.17. The van der Waals surface area contributed by atoms with Crippen molar-refractivity contribution in [2.45, 2.75) is 19.3 Å². The number of nitrogens with zero attached hydrogens (tertiary/aromatic N) is 3. The molecule has 0 atom stereocenters. The van der Waals surface area contributed by atoms with Crippen LogP contribution in [-0.4, -0.2) is 27.9 Å². The smallest absolute Gasteiger partial charge is 0.357 e. The van der Waals surface area contributed by atoms with Crippen LogP contribution in [0.2, 0.25) is 0 Å². The van der Waals surface area contributed by atoms with Gasteiger partial charge in [0.1, 0.15) is 0 Å². The van der Waals surface area contributed by atoms with E-state index in [1.165, 1.54) is 6.07 Å². The van der Waals surface area contributed by atoms with Crippen LogP contribution >= 0.6 is 0 Å². The van der Waals surface area contributed by atoms with E-state index in [2.05, 4.69) is 25.6 Å². The number of hydrogen-bond acceptors (Lipinski definition) is 5. The molecule has 6 nitrogen and oxygen atoms in total. The summed E-state index contributed by atoms with van der Waals surface area (Å²) in [5, 5.41) is 5.87. The molecule has 0 aliphatic rings. The third-order valence-electron chi connectivity index (χ3n) is 5.40. The highest BCUT2D eigenvalue weighted by molar-refractivity contribution is 6.05. The first-order chi connectivity index (χ1) is 16.9. The average Bonchev–Trinajstić information content (AvgIpc) is 2.83. The zero-order valence-electron chi connectivity index (χ0n) is 18.7. The molecule has 0 bridgehead atoms.